The van der Waals surface area contributed by atoms with Crippen LogP contribution in [0.5, 0.6) is 0 Å². The van der Waals surface area contributed by atoms with Crippen LogP contribution in [-0.2, 0) is 6.42 Å². The third kappa shape index (κ3) is 3.50. The highest BCUT2D eigenvalue weighted by atomic mass is 35.5. The van der Waals surface area contributed by atoms with Crippen LogP contribution in [0.2, 0.25) is 5.15 Å². The number of halogens is 1. The zero-order valence-electron chi connectivity index (χ0n) is 12.8. The third-order valence-electron chi connectivity index (χ3n) is 4.72. The summed E-state index contributed by atoms with van der Waals surface area (Å²) in [5.41, 5.74) is -0.267. The summed E-state index contributed by atoms with van der Waals surface area (Å²) in [4.78, 5) is 11.3. The van der Waals surface area contributed by atoms with Gasteiger partial charge in [0.05, 0.1) is 11.5 Å². The molecular weight excluding hydrogens is 298 g/mol. The molecule has 0 spiro atoms. The van der Waals surface area contributed by atoms with E-state index in [0.29, 0.717) is 11.6 Å². The molecule has 2 aliphatic heterocycles. The Bertz CT molecular complexity index is 556. The average Bonchev–Trinajstić information content (AvgIpc) is 3.03. The molecule has 0 radical (unpaired) electrons. The maximum atomic E-state index is 9.44. The van der Waals surface area contributed by atoms with E-state index in [2.05, 4.69) is 26.3 Å². The van der Waals surface area contributed by atoms with E-state index >= 15 is 0 Å². The van der Waals surface area contributed by atoms with Crippen LogP contribution in [0.1, 0.15) is 37.9 Å². The van der Waals surface area contributed by atoms with E-state index in [9.17, 15) is 5.26 Å². The van der Waals surface area contributed by atoms with Gasteiger partial charge in [-0.25, -0.2) is 9.97 Å². The Labute approximate surface area is 136 Å². The Morgan fingerprint density at radius 2 is 2.14 bits per heavy atom. The number of anilines is 1. The normalized spacial score (nSPS) is 25.2. The van der Waals surface area contributed by atoms with Crippen LogP contribution in [0, 0.1) is 16.7 Å². The van der Waals surface area contributed by atoms with Gasteiger partial charge in [-0.1, -0.05) is 11.6 Å². The van der Waals surface area contributed by atoms with Crippen molar-refractivity contribution in [2.45, 2.75) is 38.5 Å². The van der Waals surface area contributed by atoms with E-state index in [1.807, 2.05) is 6.07 Å². The lowest BCUT2D eigenvalue weighted by Gasteiger charge is -2.28. The molecule has 2 aliphatic rings. The Morgan fingerprint density at radius 3 is 2.82 bits per heavy atom. The number of nitriles is 1. The number of aryl methyl sites for hydroxylation is 1. The van der Waals surface area contributed by atoms with Crippen LogP contribution < -0.4 is 10.2 Å². The Balaban J connectivity index is 1.71. The quantitative estimate of drug-likeness (QED) is 0.864. The molecule has 0 aliphatic carbocycles. The molecule has 2 fully saturated rings. The number of hydrogen-bond acceptors (Lipinski definition) is 5. The summed E-state index contributed by atoms with van der Waals surface area (Å²) in [6.07, 6.45) is 6.11. The fraction of sp³-hybridized carbons (Fsp3) is 0.688. The lowest BCUT2D eigenvalue weighted by atomic mass is 9.84. The van der Waals surface area contributed by atoms with Crippen molar-refractivity contribution in [2.24, 2.45) is 5.41 Å². The van der Waals surface area contributed by atoms with Crippen molar-refractivity contribution in [1.29, 1.82) is 5.26 Å². The predicted molar refractivity (Wildman–Crippen MR) is 87.0 cm³/mol. The highest BCUT2D eigenvalue weighted by molar-refractivity contribution is 6.29. The van der Waals surface area contributed by atoms with Crippen molar-refractivity contribution in [3.8, 4) is 6.07 Å². The minimum Gasteiger partial charge on any atom is -0.356 e. The number of nitrogens with zero attached hydrogens (tertiary/aromatic N) is 4. The number of nitrogens with one attached hydrogen (secondary N) is 1. The molecule has 0 amide bonds. The molecule has 0 aromatic carbocycles. The van der Waals surface area contributed by atoms with Gasteiger partial charge in [-0.15, -0.1) is 0 Å². The lowest BCUT2D eigenvalue weighted by Crippen LogP contribution is -2.30. The summed E-state index contributed by atoms with van der Waals surface area (Å²) in [6, 6.07) is 4.33. The standard InChI is InChI=1S/C16H22ClN5/c17-13-10-15(22-8-2-1-3-9-22)21-14(20-13)4-5-16(11-18)6-7-19-12-16/h10,19H,1-9,12H2. The second-order valence-electron chi connectivity index (χ2n) is 6.33. The molecule has 3 heterocycles. The van der Waals surface area contributed by atoms with E-state index in [1.165, 1.54) is 19.3 Å². The monoisotopic (exact) mass is 319 g/mol. The predicted octanol–water partition coefficient (Wildman–Crippen LogP) is 2.56. The number of aromatic nitrogens is 2. The summed E-state index contributed by atoms with van der Waals surface area (Å²) < 4.78 is 0. The van der Waals surface area contributed by atoms with Crippen LogP contribution in [-0.4, -0.2) is 36.1 Å². The van der Waals surface area contributed by atoms with Gasteiger partial charge in [-0.05, 0) is 38.6 Å². The van der Waals surface area contributed by atoms with Crippen molar-refractivity contribution in [3.05, 3.63) is 17.0 Å². The first-order valence-corrected chi connectivity index (χ1v) is 8.49. The topological polar surface area (TPSA) is 64.8 Å². The molecule has 2 saturated heterocycles. The Morgan fingerprint density at radius 1 is 1.32 bits per heavy atom. The molecule has 1 aromatic heterocycles. The van der Waals surface area contributed by atoms with Gasteiger partial charge in [0.1, 0.15) is 16.8 Å². The highest BCUT2D eigenvalue weighted by Gasteiger charge is 2.33. The van der Waals surface area contributed by atoms with Gasteiger partial charge in [0, 0.05) is 32.1 Å². The summed E-state index contributed by atoms with van der Waals surface area (Å²) in [5, 5.41) is 13.2. The Kier molecular flexibility index (Phi) is 4.80. The van der Waals surface area contributed by atoms with E-state index in [1.54, 1.807) is 0 Å². The van der Waals surface area contributed by atoms with Crippen molar-refractivity contribution < 1.29 is 0 Å². The molecule has 22 heavy (non-hydrogen) atoms. The molecule has 0 bridgehead atoms. The second-order valence-corrected chi connectivity index (χ2v) is 6.72. The smallest absolute Gasteiger partial charge is 0.134 e. The number of rotatable bonds is 4. The van der Waals surface area contributed by atoms with Crippen LogP contribution >= 0.6 is 11.6 Å². The maximum absolute atomic E-state index is 9.44. The molecule has 1 unspecified atom stereocenters. The molecular formula is C16H22ClN5. The fourth-order valence-electron chi connectivity index (χ4n) is 3.31. The van der Waals surface area contributed by atoms with Crippen LogP contribution in [0.4, 0.5) is 5.82 Å². The first-order valence-electron chi connectivity index (χ1n) is 8.11. The second kappa shape index (κ2) is 6.80. The number of hydrogen-bond donors (Lipinski definition) is 1. The van der Waals surface area contributed by atoms with Gasteiger partial charge in [0.25, 0.3) is 0 Å². The molecule has 1 atom stereocenters. The number of piperidine rings is 1. The summed E-state index contributed by atoms with van der Waals surface area (Å²) in [5.74, 6) is 1.69. The zero-order chi connectivity index (χ0) is 15.4. The minimum atomic E-state index is -0.267. The Hall–Kier alpha value is -1.38. The zero-order valence-corrected chi connectivity index (χ0v) is 13.6. The molecule has 6 heteroatoms. The maximum Gasteiger partial charge on any atom is 0.134 e. The molecule has 1 aromatic rings. The summed E-state index contributed by atoms with van der Waals surface area (Å²) >= 11 is 6.18. The largest absolute Gasteiger partial charge is 0.356 e. The van der Waals surface area contributed by atoms with E-state index in [-0.39, 0.29) is 5.41 Å². The summed E-state index contributed by atoms with van der Waals surface area (Å²) in [7, 11) is 0. The van der Waals surface area contributed by atoms with E-state index in [0.717, 1.165) is 50.7 Å². The van der Waals surface area contributed by atoms with Gasteiger partial charge in [-0.3, -0.25) is 0 Å². The molecule has 0 saturated carbocycles. The van der Waals surface area contributed by atoms with Gasteiger partial charge in [0.2, 0.25) is 0 Å². The average molecular weight is 320 g/mol. The van der Waals surface area contributed by atoms with Gasteiger partial charge in [0.15, 0.2) is 0 Å². The van der Waals surface area contributed by atoms with Gasteiger partial charge in [-0.2, -0.15) is 5.26 Å². The molecule has 5 nitrogen and oxygen atoms in total. The van der Waals surface area contributed by atoms with Crippen molar-refractivity contribution >= 4 is 17.4 Å². The van der Waals surface area contributed by atoms with E-state index < -0.39 is 0 Å². The van der Waals surface area contributed by atoms with Crippen molar-refractivity contribution in [1.82, 2.24) is 15.3 Å². The first kappa shape index (κ1) is 15.5. The molecule has 118 valence electrons. The van der Waals surface area contributed by atoms with Crippen LogP contribution in [0.25, 0.3) is 0 Å². The molecule has 3 rings (SSSR count). The summed E-state index contributed by atoms with van der Waals surface area (Å²) in [6.45, 7) is 3.77. The van der Waals surface area contributed by atoms with Crippen LogP contribution in [0.15, 0.2) is 6.07 Å². The SMILES string of the molecule is N#CC1(CCc2nc(Cl)cc(N3CCCCC3)n2)CCNC1. The first-order chi connectivity index (χ1) is 10.7. The highest BCUT2D eigenvalue weighted by Crippen LogP contribution is 2.30. The van der Waals surface area contributed by atoms with Crippen molar-refractivity contribution in [3.63, 3.8) is 0 Å². The van der Waals surface area contributed by atoms with Crippen molar-refractivity contribution in [2.75, 3.05) is 31.1 Å². The van der Waals surface area contributed by atoms with Crippen LogP contribution in [0.3, 0.4) is 0 Å². The lowest BCUT2D eigenvalue weighted by molar-refractivity contribution is 0.400. The molecule has 1 N–H and O–H groups in total. The van der Waals surface area contributed by atoms with E-state index in [4.69, 9.17) is 11.6 Å². The fourth-order valence-corrected chi connectivity index (χ4v) is 3.50. The minimum absolute atomic E-state index is 0.267. The third-order valence-corrected chi connectivity index (χ3v) is 4.91. The van der Waals surface area contributed by atoms with Gasteiger partial charge < -0.3 is 10.2 Å². The van der Waals surface area contributed by atoms with Gasteiger partial charge >= 0.3 is 0 Å².